The fraction of sp³-hybridized carbons (Fsp3) is 0.643. The third-order valence-electron chi connectivity index (χ3n) is 4.24. The van der Waals surface area contributed by atoms with Crippen molar-refractivity contribution in [3.05, 3.63) is 17.5 Å². The van der Waals surface area contributed by atoms with Gasteiger partial charge in [0.1, 0.15) is 18.3 Å². The Hall–Kier alpha value is -1.99. The zero-order chi connectivity index (χ0) is 15.9. The van der Waals surface area contributed by atoms with Crippen molar-refractivity contribution in [2.24, 2.45) is 5.73 Å². The van der Waals surface area contributed by atoms with Gasteiger partial charge in [-0.05, 0) is 31.7 Å². The highest BCUT2D eigenvalue weighted by atomic mass is 19.3. The SMILES string of the molecule is NC(=O)[C@@H]1CCCN1C(=O)Cn1nc(C(F)F)cc1C1CC1. The highest BCUT2D eigenvalue weighted by Crippen LogP contribution is 2.41. The number of carbonyl (C=O) groups excluding carboxylic acids is 2. The molecule has 1 aliphatic carbocycles. The van der Waals surface area contributed by atoms with Crippen LogP contribution in [-0.2, 0) is 16.1 Å². The molecule has 2 heterocycles. The minimum atomic E-state index is -2.65. The highest BCUT2D eigenvalue weighted by molar-refractivity contribution is 5.87. The number of halogens is 2. The third kappa shape index (κ3) is 2.82. The first-order chi connectivity index (χ1) is 10.5. The molecule has 0 bridgehead atoms. The molecule has 120 valence electrons. The van der Waals surface area contributed by atoms with Crippen LogP contribution in [0.4, 0.5) is 8.78 Å². The molecule has 2 N–H and O–H groups in total. The fourth-order valence-corrected chi connectivity index (χ4v) is 2.97. The van der Waals surface area contributed by atoms with Crippen molar-refractivity contribution in [3.8, 4) is 0 Å². The summed E-state index contributed by atoms with van der Waals surface area (Å²) in [6.45, 7) is 0.344. The zero-order valence-corrected chi connectivity index (χ0v) is 12.0. The van der Waals surface area contributed by atoms with E-state index in [9.17, 15) is 18.4 Å². The Morgan fingerprint density at radius 2 is 2.09 bits per heavy atom. The van der Waals surface area contributed by atoms with Gasteiger partial charge in [0.2, 0.25) is 11.8 Å². The van der Waals surface area contributed by atoms with E-state index >= 15 is 0 Å². The van der Waals surface area contributed by atoms with Crippen LogP contribution in [0.15, 0.2) is 6.07 Å². The minimum absolute atomic E-state index is 0.123. The molecule has 1 aromatic heterocycles. The Balaban J connectivity index is 1.77. The lowest BCUT2D eigenvalue weighted by Gasteiger charge is -2.22. The van der Waals surface area contributed by atoms with Crippen LogP contribution in [-0.4, -0.2) is 39.1 Å². The number of amides is 2. The lowest BCUT2D eigenvalue weighted by molar-refractivity contribution is -0.138. The Bertz CT molecular complexity index is 598. The average Bonchev–Trinajstić information content (AvgIpc) is 3.02. The first kappa shape index (κ1) is 14.9. The third-order valence-corrected chi connectivity index (χ3v) is 4.24. The first-order valence-corrected chi connectivity index (χ1v) is 7.42. The van der Waals surface area contributed by atoms with Crippen molar-refractivity contribution >= 4 is 11.8 Å². The summed E-state index contributed by atoms with van der Waals surface area (Å²) in [5, 5.41) is 3.86. The summed E-state index contributed by atoms with van der Waals surface area (Å²) in [5.74, 6) is -0.618. The normalized spacial score (nSPS) is 21.6. The molecule has 6 nitrogen and oxygen atoms in total. The summed E-state index contributed by atoms with van der Waals surface area (Å²) in [7, 11) is 0. The second kappa shape index (κ2) is 5.66. The predicted molar refractivity (Wildman–Crippen MR) is 73.1 cm³/mol. The molecule has 0 spiro atoms. The second-order valence-corrected chi connectivity index (χ2v) is 5.87. The van der Waals surface area contributed by atoms with E-state index in [1.54, 1.807) is 0 Å². The molecule has 0 unspecified atom stereocenters. The predicted octanol–water partition coefficient (Wildman–Crippen LogP) is 1.17. The summed E-state index contributed by atoms with van der Waals surface area (Å²) < 4.78 is 27.0. The molecule has 0 aromatic carbocycles. The maximum Gasteiger partial charge on any atom is 0.282 e. The van der Waals surface area contributed by atoms with Crippen molar-refractivity contribution in [3.63, 3.8) is 0 Å². The van der Waals surface area contributed by atoms with E-state index in [-0.39, 0.29) is 24.1 Å². The monoisotopic (exact) mass is 312 g/mol. The van der Waals surface area contributed by atoms with Crippen LogP contribution in [0.2, 0.25) is 0 Å². The van der Waals surface area contributed by atoms with Crippen LogP contribution in [0.25, 0.3) is 0 Å². The van der Waals surface area contributed by atoms with Gasteiger partial charge in [0.15, 0.2) is 0 Å². The molecule has 8 heteroatoms. The molecule has 1 aromatic rings. The summed E-state index contributed by atoms with van der Waals surface area (Å²) >= 11 is 0. The van der Waals surface area contributed by atoms with E-state index in [1.165, 1.54) is 15.6 Å². The summed E-state index contributed by atoms with van der Waals surface area (Å²) in [5.41, 5.74) is 5.67. The van der Waals surface area contributed by atoms with Gasteiger partial charge in [-0.3, -0.25) is 14.3 Å². The molecule has 0 radical (unpaired) electrons. The van der Waals surface area contributed by atoms with Crippen molar-refractivity contribution in [2.45, 2.75) is 50.6 Å². The van der Waals surface area contributed by atoms with E-state index in [1.807, 2.05) is 0 Å². The Morgan fingerprint density at radius 1 is 1.36 bits per heavy atom. The maximum absolute atomic E-state index is 12.8. The Kier molecular flexibility index (Phi) is 3.84. The molecule has 2 fully saturated rings. The molecule has 3 rings (SSSR count). The summed E-state index contributed by atoms with van der Waals surface area (Å²) in [4.78, 5) is 25.2. The average molecular weight is 312 g/mol. The molecule has 22 heavy (non-hydrogen) atoms. The molecule has 1 saturated carbocycles. The number of carbonyl (C=O) groups is 2. The van der Waals surface area contributed by atoms with Crippen molar-refractivity contribution in [1.82, 2.24) is 14.7 Å². The van der Waals surface area contributed by atoms with Gasteiger partial charge < -0.3 is 10.6 Å². The number of alkyl halides is 2. The van der Waals surface area contributed by atoms with Gasteiger partial charge >= 0.3 is 0 Å². The van der Waals surface area contributed by atoms with Gasteiger partial charge in [0.05, 0.1) is 0 Å². The zero-order valence-electron chi connectivity index (χ0n) is 12.0. The van der Waals surface area contributed by atoms with Gasteiger partial charge in [-0.2, -0.15) is 5.10 Å². The molecule has 2 aliphatic rings. The van der Waals surface area contributed by atoms with Crippen molar-refractivity contribution in [2.75, 3.05) is 6.54 Å². The number of nitrogens with zero attached hydrogens (tertiary/aromatic N) is 3. The van der Waals surface area contributed by atoms with E-state index in [4.69, 9.17) is 5.73 Å². The van der Waals surface area contributed by atoms with Gasteiger partial charge in [0.25, 0.3) is 6.43 Å². The Labute approximate surface area is 126 Å². The van der Waals surface area contributed by atoms with Gasteiger partial charge in [0, 0.05) is 18.2 Å². The molecular weight excluding hydrogens is 294 g/mol. The molecule has 2 amide bonds. The molecular formula is C14H18F2N4O2. The number of nitrogens with two attached hydrogens (primary N) is 1. The van der Waals surface area contributed by atoms with Crippen LogP contribution in [0.3, 0.4) is 0 Å². The van der Waals surface area contributed by atoms with Crippen LogP contribution >= 0.6 is 0 Å². The lowest BCUT2D eigenvalue weighted by Crippen LogP contribution is -2.45. The van der Waals surface area contributed by atoms with E-state index < -0.39 is 18.4 Å². The van der Waals surface area contributed by atoms with Crippen molar-refractivity contribution < 1.29 is 18.4 Å². The van der Waals surface area contributed by atoms with Crippen molar-refractivity contribution in [1.29, 1.82) is 0 Å². The van der Waals surface area contributed by atoms with Gasteiger partial charge in [-0.1, -0.05) is 0 Å². The number of primary amides is 1. The lowest BCUT2D eigenvalue weighted by atomic mass is 10.2. The minimum Gasteiger partial charge on any atom is -0.368 e. The smallest absolute Gasteiger partial charge is 0.282 e. The quantitative estimate of drug-likeness (QED) is 0.886. The van der Waals surface area contributed by atoms with E-state index in [2.05, 4.69) is 5.10 Å². The fourth-order valence-electron chi connectivity index (χ4n) is 2.97. The number of hydrogen-bond acceptors (Lipinski definition) is 3. The topological polar surface area (TPSA) is 81.2 Å². The first-order valence-electron chi connectivity index (χ1n) is 7.42. The maximum atomic E-state index is 12.8. The summed E-state index contributed by atoms with van der Waals surface area (Å²) in [6, 6.07) is 0.785. The molecule has 1 atom stereocenters. The van der Waals surface area contributed by atoms with E-state index in [0.29, 0.717) is 18.7 Å². The molecule has 1 aliphatic heterocycles. The second-order valence-electron chi connectivity index (χ2n) is 5.87. The number of likely N-dealkylation sites (tertiary alicyclic amines) is 1. The van der Waals surface area contributed by atoms with Gasteiger partial charge in [-0.15, -0.1) is 0 Å². The number of rotatable bonds is 5. The number of hydrogen-bond donors (Lipinski definition) is 1. The standard InChI is InChI=1S/C14H18F2N4O2/c15-13(16)9-6-11(8-3-4-8)20(18-9)7-12(21)19-5-1-2-10(19)14(17)22/h6,8,10,13H,1-5,7H2,(H2,17,22)/t10-/m0/s1. The van der Waals surface area contributed by atoms with Gasteiger partial charge in [-0.25, -0.2) is 8.78 Å². The van der Waals surface area contributed by atoms with Crippen LogP contribution in [0.5, 0.6) is 0 Å². The highest BCUT2D eigenvalue weighted by Gasteiger charge is 2.34. The number of aromatic nitrogens is 2. The van der Waals surface area contributed by atoms with Crippen LogP contribution in [0.1, 0.15) is 49.4 Å². The van der Waals surface area contributed by atoms with Crippen LogP contribution < -0.4 is 5.73 Å². The Morgan fingerprint density at radius 3 is 2.68 bits per heavy atom. The largest absolute Gasteiger partial charge is 0.368 e. The van der Waals surface area contributed by atoms with Crippen LogP contribution in [0, 0.1) is 0 Å². The van der Waals surface area contributed by atoms with E-state index in [0.717, 1.165) is 19.3 Å². The summed E-state index contributed by atoms with van der Waals surface area (Å²) in [6.07, 6.45) is 0.472. The molecule has 1 saturated heterocycles.